The number of aliphatic hydroxyl groups is 1. The molecular weight excluding hydrogens is 269 g/mol. The van der Waals surface area contributed by atoms with E-state index in [9.17, 15) is 18.3 Å². The highest BCUT2D eigenvalue weighted by Gasteiger charge is 2.52. The Bertz CT molecular complexity index is 581. The van der Waals surface area contributed by atoms with Crippen LogP contribution in [0.3, 0.4) is 0 Å². The van der Waals surface area contributed by atoms with Crippen LogP contribution >= 0.6 is 0 Å². The van der Waals surface area contributed by atoms with Gasteiger partial charge >= 0.3 is 6.18 Å². The van der Waals surface area contributed by atoms with Gasteiger partial charge in [0, 0.05) is 18.8 Å². The number of rotatable bonds is 2. The van der Waals surface area contributed by atoms with Crippen LogP contribution in [0.25, 0.3) is 0 Å². The minimum absolute atomic E-state index is 0.323. The lowest BCUT2D eigenvalue weighted by atomic mass is 9.88. The van der Waals surface area contributed by atoms with Crippen molar-refractivity contribution in [1.82, 2.24) is 0 Å². The molecule has 1 saturated carbocycles. The standard InChI is InChI=1S/C14H13F3N2O/c15-14(16,17)12-4-3-11(5-9(12)6-18)19-7-13(20,8-19)10-1-2-10/h3-5,10,20H,1-2,7-8H2. The number of hydrogen-bond acceptors (Lipinski definition) is 3. The van der Waals surface area contributed by atoms with Crippen molar-refractivity contribution in [2.45, 2.75) is 24.6 Å². The first kappa shape index (κ1) is 13.3. The number of anilines is 1. The Balaban J connectivity index is 1.81. The SMILES string of the molecule is N#Cc1cc(N2CC(O)(C3CC3)C2)ccc1C(F)(F)F. The number of β-amino-alcohol motifs (C(OH)–C–C–N with tert-alkyl or cyclic N) is 1. The quantitative estimate of drug-likeness (QED) is 0.906. The molecule has 2 aliphatic rings. The van der Waals surface area contributed by atoms with Crippen LogP contribution in [0.15, 0.2) is 18.2 Å². The number of nitriles is 1. The summed E-state index contributed by atoms with van der Waals surface area (Å²) in [6, 6.07) is 5.13. The van der Waals surface area contributed by atoms with Gasteiger partial charge in [0.1, 0.15) is 5.60 Å². The number of benzene rings is 1. The Morgan fingerprint density at radius 1 is 1.30 bits per heavy atom. The number of nitrogens with zero attached hydrogens (tertiary/aromatic N) is 2. The second kappa shape index (κ2) is 4.13. The molecule has 0 radical (unpaired) electrons. The van der Waals surface area contributed by atoms with Gasteiger partial charge < -0.3 is 10.0 Å². The van der Waals surface area contributed by atoms with Gasteiger partial charge in [-0.1, -0.05) is 0 Å². The first-order valence-electron chi connectivity index (χ1n) is 6.42. The molecule has 0 atom stereocenters. The van der Waals surface area contributed by atoms with Crippen molar-refractivity contribution in [1.29, 1.82) is 5.26 Å². The molecule has 1 saturated heterocycles. The van der Waals surface area contributed by atoms with Crippen molar-refractivity contribution in [3.05, 3.63) is 29.3 Å². The van der Waals surface area contributed by atoms with Crippen LogP contribution in [-0.2, 0) is 6.18 Å². The van der Waals surface area contributed by atoms with E-state index >= 15 is 0 Å². The van der Waals surface area contributed by atoms with Crippen molar-refractivity contribution in [2.24, 2.45) is 5.92 Å². The average Bonchev–Trinajstić information content (AvgIpc) is 3.17. The van der Waals surface area contributed by atoms with Crippen LogP contribution in [0, 0.1) is 17.2 Å². The first-order chi connectivity index (χ1) is 9.33. The molecule has 1 aliphatic heterocycles. The molecule has 0 unspecified atom stereocenters. The van der Waals surface area contributed by atoms with E-state index in [1.165, 1.54) is 12.1 Å². The van der Waals surface area contributed by atoms with Crippen molar-refractivity contribution in [3.8, 4) is 6.07 Å². The van der Waals surface area contributed by atoms with Crippen LogP contribution in [0.1, 0.15) is 24.0 Å². The van der Waals surface area contributed by atoms with Crippen LogP contribution in [-0.4, -0.2) is 23.8 Å². The summed E-state index contributed by atoms with van der Waals surface area (Å²) in [5, 5.41) is 19.1. The van der Waals surface area contributed by atoms with Crippen LogP contribution < -0.4 is 4.90 Å². The zero-order valence-electron chi connectivity index (χ0n) is 10.6. The smallest absolute Gasteiger partial charge is 0.386 e. The third kappa shape index (κ3) is 2.12. The molecule has 20 heavy (non-hydrogen) atoms. The highest BCUT2D eigenvalue weighted by molar-refractivity contribution is 5.57. The van der Waals surface area contributed by atoms with E-state index in [-0.39, 0.29) is 5.56 Å². The number of alkyl halides is 3. The predicted molar refractivity (Wildman–Crippen MR) is 66.0 cm³/mol. The minimum atomic E-state index is -4.52. The van der Waals surface area contributed by atoms with Crippen LogP contribution in [0.4, 0.5) is 18.9 Å². The number of hydrogen-bond donors (Lipinski definition) is 1. The first-order valence-corrected chi connectivity index (χ1v) is 6.42. The van der Waals surface area contributed by atoms with Gasteiger partial charge in [-0.25, -0.2) is 0 Å². The molecule has 1 aromatic carbocycles. The zero-order valence-corrected chi connectivity index (χ0v) is 10.6. The van der Waals surface area contributed by atoms with Crippen molar-refractivity contribution < 1.29 is 18.3 Å². The van der Waals surface area contributed by atoms with E-state index in [1.54, 1.807) is 11.0 Å². The van der Waals surface area contributed by atoms with Crippen molar-refractivity contribution in [2.75, 3.05) is 18.0 Å². The maximum Gasteiger partial charge on any atom is 0.417 e. The fourth-order valence-electron chi connectivity index (χ4n) is 2.74. The zero-order chi connectivity index (χ0) is 14.5. The fraction of sp³-hybridized carbons (Fsp3) is 0.500. The normalized spacial score (nSPS) is 21.2. The van der Waals surface area contributed by atoms with E-state index in [0.29, 0.717) is 24.7 Å². The molecule has 106 valence electrons. The van der Waals surface area contributed by atoms with E-state index < -0.39 is 17.3 Å². The van der Waals surface area contributed by atoms with Gasteiger partial charge in [0.05, 0.1) is 17.2 Å². The predicted octanol–water partition coefficient (Wildman–Crippen LogP) is 2.54. The summed E-state index contributed by atoms with van der Waals surface area (Å²) in [5.74, 6) is 0.323. The molecule has 1 aliphatic carbocycles. The fourth-order valence-corrected chi connectivity index (χ4v) is 2.74. The molecule has 1 N–H and O–H groups in total. The largest absolute Gasteiger partial charge is 0.417 e. The molecule has 0 bridgehead atoms. The molecule has 3 nitrogen and oxygen atoms in total. The second-order valence-corrected chi connectivity index (χ2v) is 5.57. The van der Waals surface area contributed by atoms with Gasteiger partial charge in [-0.3, -0.25) is 0 Å². The Morgan fingerprint density at radius 2 is 1.95 bits per heavy atom. The highest BCUT2D eigenvalue weighted by atomic mass is 19.4. The summed E-state index contributed by atoms with van der Waals surface area (Å²) in [6.45, 7) is 0.849. The molecule has 1 heterocycles. The summed E-state index contributed by atoms with van der Waals surface area (Å²) < 4.78 is 38.1. The molecule has 2 fully saturated rings. The van der Waals surface area contributed by atoms with E-state index in [1.807, 2.05) is 0 Å². The lowest BCUT2D eigenvalue weighted by Gasteiger charge is -2.48. The van der Waals surface area contributed by atoms with Crippen LogP contribution in [0.5, 0.6) is 0 Å². The van der Waals surface area contributed by atoms with Gasteiger partial charge in [0.15, 0.2) is 0 Å². The summed E-state index contributed by atoms with van der Waals surface area (Å²) in [4.78, 5) is 1.80. The molecule has 1 aromatic rings. The van der Waals surface area contributed by atoms with Crippen molar-refractivity contribution in [3.63, 3.8) is 0 Å². The van der Waals surface area contributed by atoms with Gasteiger partial charge in [-0.2, -0.15) is 18.4 Å². The van der Waals surface area contributed by atoms with Gasteiger partial charge in [0.2, 0.25) is 0 Å². The summed E-state index contributed by atoms with van der Waals surface area (Å²) >= 11 is 0. The third-order valence-electron chi connectivity index (χ3n) is 4.06. The van der Waals surface area contributed by atoms with Crippen LogP contribution in [0.2, 0.25) is 0 Å². The summed E-state index contributed by atoms with van der Waals surface area (Å²) in [6.07, 6.45) is -2.49. The molecule has 3 rings (SSSR count). The molecule has 0 amide bonds. The molecule has 0 aromatic heterocycles. The topological polar surface area (TPSA) is 47.3 Å². The van der Waals surface area contributed by atoms with Gasteiger partial charge in [0.25, 0.3) is 0 Å². The number of halogens is 3. The summed E-state index contributed by atoms with van der Waals surface area (Å²) in [5.41, 5.74) is -1.44. The molecule has 0 spiro atoms. The Labute approximate surface area is 114 Å². The third-order valence-corrected chi connectivity index (χ3v) is 4.06. The van der Waals surface area contributed by atoms with Gasteiger partial charge in [-0.05, 0) is 37.0 Å². The maximum absolute atomic E-state index is 12.7. The van der Waals surface area contributed by atoms with E-state index in [4.69, 9.17) is 5.26 Å². The molecule has 6 heteroatoms. The Kier molecular flexibility index (Phi) is 2.73. The van der Waals surface area contributed by atoms with Crippen molar-refractivity contribution >= 4 is 5.69 Å². The lowest BCUT2D eigenvalue weighted by molar-refractivity contribution is -0.137. The monoisotopic (exact) mass is 282 g/mol. The van der Waals surface area contributed by atoms with E-state index in [0.717, 1.165) is 18.9 Å². The van der Waals surface area contributed by atoms with E-state index in [2.05, 4.69) is 0 Å². The second-order valence-electron chi connectivity index (χ2n) is 5.57. The Hall–Kier alpha value is -1.74. The maximum atomic E-state index is 12.7. The highest BCUT2D eigenvalue weighted by Crippen LogP contribution is 2.46. The lowest BCUT2D eigenvalue weighted by Crippen LogP contribution is -2.63. The Morgan fingerprint density at radius 3 is 2.45 bits per heavy atom. The van der Waals surface area contributed by atoms with Gasteiger partial charge in [-0.15, -0.1) is 0 Å². The minimum Gasteiger partial charge on any atom is -0.386 e. The average molecular weight is 282 g/mol. The molecular formula is C14H13F3N2O. The summed E-state index contributed by atoms with van der Waals surface area (Å²) in [7, 11) is 0.